The van der Waals surface area contributed by atoms with E-state index in [1.165, 1.54) is 23.2 Å². The second-order valence-corrected chi connectivity index (χ2v) is 9.70. The number of carboxylic acid groups (broad SMARTS) is 1. The zero-order valence-corrected chi connectivity index (χ0v) is 20.5. The van der Waals surface area contributed by atoms with E-state index in [0.29, 0.717) is 5.57 Å². The maximum absolute atomic E-state index is 12.7. The predicted molar refractivity (Wildman–Crippen MR) is 129 cm³/mol. The van der Waals surface area contributed by atoms with Gasteiger partial charge in [0.25, 0.3) is 11.8 Å². The SMILES string of the molecule is C=CC1=C(C(=O)O)N2C(=O)[C@@H](NC(=O)/C(=N\O)c3csc(NCC(=O)[C@@H](O)[C@H](O)[C@H](O)CO)n3)[C@H]2SC1. The van der Waals surface area contributed by atoms with E-state index in [-0.39, 0.29) is 22.3 Å². The summed E-state index contributed by atoms with van der Waals surface area (Å²) in [4.78, 5) is 54.0. The van der Waals surface area contributed by atoms with Gasteiger partial charge in [-0.1, -0.05) is 17.8 Å². The Balaban J connectivity index is 1.62. The number of rotatable bonds is 12. The third-order valence-electron chi connectivity index (χ3n) is 5.44. The first-order chi connectivity index (χ1) is 17.5. The number of carbonyl (C=O) groups excluding carboxylic acids is 3. The highest BCUT2D eigenvalue weighted by atomic mass is 32.2. The average Bonchev–Trinajstić information content (AvgIpc) is 3.36. The van der Waals surface area contributed by atoms with Gasteiger partial charge in [-0.15, -0.1) is 23.1 Å². The fourth-order valence-corrected chi connectivity index (χ4v) is 5.50. The molecule has 0 radical (unpaired) electrons. The van der Waals surface area contributed by atoms with Crippen LogP contribution >= 0.6 is 23.1 Å². The van der Waals surface area contributed by atoms with Crippen molar-refractivity contribution in [3.05, 3.63) is 35.0 Å². The maximum Gasteiger partial charge on any atom is 0.352 e. The number of oxime groups is 1. The molecule has 200 valence electrons. The van der Waals surface area contributed by atoms with E-state index >= 15 is 0 Å². The predicted octanol–water partition coefficient (Wildman–Crippen LogP) is -2.70. The lowest BCUT2D eigenvalue weighted by Gasteiger charge is -2.49. The fourth-order valence-electron chi connectivity index (χ4n) is 3.46. The van der Waals surface area contributed by atoms with E-state index in [1.54, 1.807) is 0 Å². The molecule has 17 heteroatoms. The van der Waals surface area contributed by atoms with Crippen molar-refractivity contribution in [3.8, 4) is 0 Å². The van der Waals surface area contributed by atoms with E-state index in [0.717, 1.165) is 16.2 Å². The molecule has 37 heavy (non-hydrogen) atoms. The number of aliphatic hydroxyl groups is 4. The van der Waals surface area contributed by atoms with E-state index in [9.17, 15) is 44.8 Å². The summed E-state index contributed by atoms with van der Waals surface area (Å²) in [6, 6.07) is -1.08. The van der Waals surface area contributed by atoms with E-state index in [2.05, 4.69) is 27.4 Å². The Kier molecular flexibility index (Phi) is 9.00. The third-order valence-corrected chi connectivity index (χ3v) is 7.55. The number of nitrogens with one attached hydrogen (secondary N) is 2. The van der Waals surface area contributed by atoms with Crippen LogP contribution in [-0.2, 0) is 19.2 Å². The van der Waals surface area contributed by atoms with Gasteiger partial charge in [0.1, 0.15) is 41.1 Å². The number of allylic oxidation sites excluding steroid dienone is 1. The molecular formula is C20H23N5O10S2. The monoisotopic (exact) mass is 557 g/mol. The van der Waals surface area contributed by atoms with Gasteiger partial charge in [-0.2, -0.15) is 0 Å². The summed E-state index contributed by atoms with van der Waals surface area (Å²) < 4.78 is 0. The van der Waals surface area contributed by atoms with Gasteiger partial charge in [0.2, 0.25) is 0 Å². The van der Waals surface area contributed by atoms with Crippen molar-refractivity contribution < 1.29 is 49.9 Å². The van der Waals surface area contributed by atoms with Crippen LogP contribution in [0.3, 0.4) is 0 Å². The number of aliphatic hydroxyl groups excluding tert-OH is 4. The highest BCUT2D eigenvalue weighted by Gasteiger charge is 2.54. The van der Waals surface area contributed by atoms with E-state index in [4.69, 9.17) is 5.11 Å². The molecule has 3 heterocycles. The first kappa shape index (κ1) is 28.2. The molecule has 0 spiro atoms. The van der Waals surface area contributed by atoms with Gasteiger partial charge < -0.3 is 41.4 Å². The Labute approximate surface area is 216 Å². The minimum atomic E-state index is -1.98. The third kappa shape index (κ3) is 5.65. The quantitative estimate of drug-likeness (QED) is 0.0565. The molecule has 0 aliphatic carbocycles. The molecule has 3 rings (SSSR count). The van der Waals surface area contributed by atoms with Crippen LogP contribution in [-0.4, -0.2) is 119 Å². The van der Waals surface area contributed by atoms with Crippen LogP contribution in [0.4, 0.5) is 5.13 Å². The Morgan fingerprint density at radius 1 is 1.32 bits per heavy atom. The number of ketones is 1. The Morgan fingerprint density at radius 3 is 2.62 bits per heavy atom. The summed E-state index contributed by atoms with van der Waals surface area (Å²) in [7, 11) is 0. The number of aromatic nitrogens is 1. The minimum absolute atomic E-state index is 0.0728. The second kappa shape index (κ2) is 11.8. The summed E-state index contributed by atoms with van der Waals surface area (Å²) in [6.45, 7) is 2.16. The molecule has 2 aliphatic heterocycles. The van der Waals surface area contributed by atoms with Crippen molar-refractivity contribution in [2.75, 3.05) is 24.2 Å². The summed E-state index contributed by atoms with van der Waals surface area (Å²) in [6.07, 6.45) is -4.25. The van der Waals surface area contributed by atoms with Gasteiger partial charge in [-0.05, 0) is 5.57 Å². The summed E-state index contributed by atoms with van der Waals surface area (Å²) >= 11 is 2.14. The molecule has 1 aromatic rings. The van der Waals surface area contributed by atoms with E-state index < -0.39 is 72.2 Å². The zero-order chi connectivity index (χ0) is 27.4. The largest absolute Gasteiger partial charge is 0.477 e. The molecule has 0 bridgehead atoms. The van der Waals surface area contributed by atoms with Crippen LogP contribution < -0.4 is 10.6 Å². The Hall–Kier alpha value is -3.35. The molecule has 0 aromatic carbocycles. The van der Waals surface area contributed by atoms with Crippen molar-refractivity contribution >= 4 is 57.5 Å². The molecule has 0 unspecified atom stereocenters. The highest BCUT2D eigenvalue weighted by Crippen LogP contribution is 2.40. The van der Waals surface area contributed by atoms with Gasteiger partial charge in [0, 0.05) is 11.1 Å². The molecule has 1 fully saturated rings. The lowest BCUT2D eigenvalue weighted by atomic mass is 10.0. The van der Waals surface area contributed by atoms with Crippen LogP contribution in [0, 0.1) is 0 Å². The summed E-state index contributed by atoms with van der Waals surface area (Å²) in [5.74, 6) is -3.58. The Morgan fingerprint density at radius 2 is 2.03 bits per heavy atom. The van der Waals surface area contributed by atoms with Gasteiger partial charge in [-0.25, -0.2) is 9.78 Å². The number of hydrogen-bond acceptors (Lipinski definition) is 14. The number of aliphatic carboxylic acids is 1. The first-order valence-electron chi connectivity index (χ1n) is 10.5. The highest BCUT2D eigenvalue weighted by molar-refractivity contribution is 8.00. The number of β-lactam (4-membered cyclic amide) rings is 1. The molecule has 2 aliphatic rings. The number of thioether (sulfide) groups is 1. The standard InChI is InChI=1S/C20H23N5O10S2/c1-2-7-5-36-18-12(17(32)25(18)13(7)19(33)34)23-16(31)11(24-35)8-6-37-20(22-8)21-3-9(27)14(29)15(30)10(28)4-26/h2,6,10,12,14-15,18,26,28-30,35H,1,3-5H2,(H,21,22)(H,23,31)(H,33,34)/b24-11-/t10-,12-,14-,15-,18-/m1/s1. The smallest absolute Gasteiger partial charge is 0.352 e. The maximum atomic E-state index is 12.7. The number of carbonyl (C=O) groups is 4. The average molecular weight is 558 g/mol. The van der Waals surface area contributed by atoms with Crippen LogP contribution in [0.2, 0.25) is 0 Å². The molecule has 0 saturated carbocycles. The molecule has 8 N–H and O–H groups in total. The number of amides is 2. The van der Waals surface area contributed by atoms with Gasteiger partial charge >= 0.3 is 5.97 Å². The molecular weight excluding hydrogens is 534 g/mol. The number of anilines is 1. The van der Waals surface area contributed by atoms with E-state index in [1.807, 2.05) is 0 Å². The molecule has 1 saturated heterocycles. The van der Waals surface area contributed by atoms with Crippen molar-refractivity contribution in [1.29, 1.82) is 0 Å². The molecule has 2 amide bonds. The van der Waals surface area contributed by atoms with Crippen molar-refractivity contribution in [1.82, 2.24) is 15.2 Å². The molecule has 5 atom stereocenters. The number of carboxylic acids is 1. The number of Topliss-reactive ketones (excluding diaryl/α,β-unsaturated/α-hetero) is 1. The van der Waals surface area contributed by atoms with Crippen LogP contribution in [0.5, 0.6) is 0 Å². The van der Waals surface area contributed by atoms with Gasteiger partial charge in [0.15, 0.2) is 16.6 Å². The van der Waals surface area contributed by atoms with Crippen LogP contribution in [0.15, 0.2) is 34.5 Å². The lowest BCUT2D eigenvalue weighted by Crippen LogP contribution is -2.71. The topological polar surface area (TPSA) is 242 Å². The van der Waals surface area contributed by atoms with Gasteiger partial charge in [-0.3, -0.25) is 19.3 Å². The summed E-state index contributed by atoms with van der Waals surface area (Å²) in [5, 5.41) is 64.9. The molecule has 1 aromatic heterocycles. The van der Waals surface area contributed by atoms with Crippen molar-refractivity contribution in [2.24, 2.45) is 5.16 Å². The second-order valence-electron chi connectivity index (χ2n) is 7.74. The normalized spacial score (nSPS) is 21.9. The zero-order valence-electron chi connectivity index (χ0n) is 18.8. The minimum Gasteiger partial charge on any atom is -0.477 e. The summed E-state index contributed by atoms with van der Waals surface area (Å²) in [5.41, 5.74) is -0.503. The van der Waals surface area contributed by atoms with Crippen LogP contribution in [0.25, 0.3) is 0 Å². The van der Waals surface area contributed by atoms with Crippen molar-refractivity contribution in [2.45, 2.75) is 29.7 Å². The molecule has 15 nitrogen and oxygen atoms in total. The number of thiazole rings is 1. The fraction of sp³-hybridized carbons (Fsp3) is 0.400. The Bertz CT molecular complexity index is 1170. The number of nitrogens with zero attached hydrogens (tertiary/aromatic N) is 3. The lowest BCUT2D eigenvalue weighted by molar-refractivity contribution is -0.150. The van der Waals surface area contributed by atoms with Gasteiger partial charge in [0.05, 0.1) is 13.2 Å². The van der Waals surface area contributed by atoms with Crippen molar-refractivity contribution in [3.63, 3.8) is 0 Å². The number of fused-ring (bicyclic) bond motifs is 1. The first-order valence-corrected chi connectivity index (χ1v) is 12.4. The van der Waals surface area contributed by atoms with Crippen LogP contribution in [0.1, 0.15) is 5.69 Å². The number of hydrogen-bond donors (Lipinski definition) is 8.